The Hall–Kier alpha value is -1.30. The van der Waals surface area contributed by atoms with Gasteiger partial charge in [-0.3, -0.25) is 0 Å². The van der Waals surface area contributed by atoms with E-state index in [9.17, 15) is 19.8 Å². The second kappa shape index (κ2) is 6.92. The minimum Gasteiger partial charge on any atom is -0.480 e. The molecule has 1 atom stereocenters. The molecule has 0 aromatic carbocycles. The van der Waals surface area contributed by atoms with Crippen LogP contribution in [0.5, 0.6) is 0 Å². The Morgan fingerprint density at radius 2 is 1.80 bits per heavy atom. The largest absolute Gasteiger partial charge is 0.480 e. The van der Waals surface area contributed by atoms with E-state index in [-0.39, 0.29) is 12.0 Å². The fourth-order valence-corrected chi connectivity index (χ4v) is 2.39. The van der Waals surface area contributed by atoms with Gasteiger partial charge in [0.2, 0.25) is 0 Å². The van der Waals surface area contributed by atoms with Crippen LogP contribution >= 0.6 is 0 Å². The summed E-state index contributed by atoms with van der Waals surface area (Å²) in [5, 5.41) is 21.0. The fourth-order valence-electron chi connectivity index (χ4n) is 2.39. The van der Waals surface area contributed by atoms with Gasteiger partial charge in [0.15, 0.2) is 0 Å². The van der Waals surface area contributed by atoms with Gasteiger partial charge >= 0.3 is 12.1 Å². The monoisotopic (exact) mass is 287 g/mol. The van der Waals surface area contributed by atoms with Gasteiger partial charge in [-0.15, -0.1) is 0 Å². The van der Waals surface area contributed by atoms with E-state index in [0.29, 0.717) is 19.3 Å². The van der Waals surface area contributed by atoms with Crippen LogP contribution < -0.4 is 5.32 Å². The Morgan fingerprint density at radius 3 is 2.25 bits per heavy atom. The second-order valence-corrected chi connectivity index (χ2v) is 6.45. The zero-order chi connectivity index (χ0) is 15.3. The van der Waals surface area contributed by atoms with Gasteiger partial charge in [0, 0.05) is 0 Å². The molecule has 0 spiro atoms. The first-order valence-corrected chi connectivity index (χ1v) is 7.08. The molecule has 1 rings (SSSR count). The Balaban J connectivity index is 2.48. The van der Waals surface area contributed by atoms with Crippen molar-refractivity contribution in [1.82, 2.24) is 5.32 Å². The van der Waals surface area contributed by atoms with E-state index in [1.165, 1.54) is 0 Å². The van der Waals surface area contributed by atoms with Crippen LogP contribution in [0.2, 0.25) is 0 Å². The van der Waals surface area contributed by atoms with Gasteiger partial charge < -0.3 is 20.3 Å². The molecule has 0 saturated heterocycles. The van der Waals surface area contributed by atoms with Crippen LogP contribution in [-0.2, 0) is 9.53 Å². The number of carbonyl (C=O) groups excluding carboxylic acids is 1. The lowest BCUT2D eigenvalue weighted by Crippen LogP contribution is -2.44. The Morgan fingerprint density at radius 1 is 1.25 bits per heavy atom. The standard InChI is InChI=1S/C14H25NO5/c1-14(2,3)20-13(19)15-11(12(17)18)8-9-4-6-10(16)7-5-9/h9-11,16H,4-8H2,1-3H3,(H,15,19)(H,17,18). The quantitative estimate of drug-likeness (QED) is 0.734. The lowest BCUT2D eigenvalue weighted by atomic mass is 9.83. The van der Waals surface area contributed by atoms with Crippen molar-refractivity contribution in [1.29, 1.82) is 0 Å². The van der Waals surface area contributed by atoms with E-state index in [4.69, 9.17) is 4.74 Å². The number of aliphatic carboxylic acids is 1. The number of ether oxygens (including phenoxy) is 1. The average molecular weight is 287 g/mol. The zero-order valence-electron chi connectivity index (χ0n) is 12.4. The Bertz CT molecular complexity index is 342. The van der Waals surface area contributed by atoms with Crippen molar-refractivity contribution in [2.45, 2.75) is 70.6 Å². The number of aliphatic hydroxyl groups is 1. The van der Waals surface area contributed by atoms with Crippen LogP contribution in [0.4, 0.5) is 4.79 Å². The number of amides is 1. The van der Waals surface area contributed by atoms with Crippen molar-refractivity contribution >= 4 is 12.1 Å². The third kappa shape index (κ3) is 6.23. The van der Waals surface area contributed by atoms with E-state index >= 15 is 0 Å². The zero-order valence-corrected chi connectivity index (χ0v) is 12.4. The number of carbonyl (C=O) groups is 2. The highest BCUT2D eigenvalue weighted by Crippen LogP contribution is 2.27. The smallest absolute Gasteiger partial charge is 0.408 e. The summed E-state index contributed by atoms with van der Waals surface area (Å²) in [5.41, 5.74) is -0.651. The highest BCUT2D eigenvalue weighted by molar-refractivity contribution is 5.80. The molecular weight excluding hydrogens is 262 g/mol. The summed E-state index contributed by atoms with van der Waals surface area (Å²) in [5.74, 6) is -0.837. The number of aliphatic hydroxyl groups excluding tert-OH is 1. The maximum absolute atomic E-state index is 11.6. The summed E-state index contributed by atoms with van der Waals surface area (Å²) in [6.07, 6.45) is 2.38. The molecule has 1 unspecified atom stereocenters. The molecule has 0 radical (unpaired) electrons. The number of carboxylic acid groups (broad SMARTS) is 1. The van der Waals surface area contributed by atoms with Gasteiger partial charge in [-0.25, -0.2) is 9.59 Å². The van der Waals surface area contributed by atoms with Crippen LogP contribution in [0.25, 0.3) is 0 Å². The van der Waals surface area contributed by atoms with Crippen molar-refractivity contribution in [2.24, 2.45) is 5.92 Å². The van der Waals surface area contributed by atoms with Crippen LogP contribution in [0.3, 0.4) is 0 Å². The summed E-state index contributed by atoms with van der Waals surface area (Å²) in [6, 6.07) is -0.940. The van der Waals surface area contributed by atoms with Crippen LogP contribution in [0.15, 0.2) is 0 Å². The summed E-state index contributed by atoms with van der Waals surface area (Å²) >= 11 is 0. The molecule has 1 aliphatic carbocycles. The molecule has 0 heterocycles. The van der Waals surface area contributed by atoms with E-state index in [2.05, 4.69) is 5.32 Å². The molecule has 6 heteroatoms. The molecular formula is C14H25NO5. The van der Waals surface area contributed by atoms with E-state index in [0.717, 1.165) is 12.8 Å². The molecule has 0 aromatic rings. The number of hydrogen-bond acceptors (Lipinski definition) is 4. The molecule has 1 fully saturated rings. The first-order chi connectivity index (χ1) is 9.17. The SMILES string of the molecule is CC(C)(C)OC(=O)NC(CC1CCC(O)CC1)C(=O)O. The fraction of sp³-hybridized carbons (Fsp3) is 0.857. The van der Waals surface area contributed by atoms with Gasteiger partial charge in [-0.1, -0.05) is 0 Å². The molecule has 3 N–H and O–H groups in total. The molecule has 1 amide bonds. The predicted octanol–water partition coefficient (Wildman–Crippen LogP) is 1.91. The molecule has 1 saturated carbocycles. The predicted molar refractivity (Wildman–Crippen MR) is 73.4 cm³/mol. The molecule has 1 aliphatic rings. The Kier molecular flexibility index (Phi) is 5.80. The van der Waals surface area contributed by atoms with Gasteiger partial charge in [-0.05, 0) is 58.8 Å². The van der Waals surface area contributed by atoms with Crippen LogP contribution in [0, 0.1) is 5.92 Å². The molecule has 116 valence electrons. The highest BCUT2D eigenvalue weighted by atomic mass is 16.6. The number of rotatable bonds is 4. The average Bonchev–Trinajstić information content (AvgIpc) is 2.28. The summed E-state index contributed by atoms with van der Waals surface area (Å²) in [6.45, 7) is 5.18. The Labute approximate surface area is 119 Å². The van der Waals surface area contributed by atoms with Gasteiger partial charge in [0.05, 0.1) is 6.10 Å². The first kappa shape index (κ1) is 16.8. The van der Waals surface area contributed by atoms with Crippen LogP contribution in [-0.4, -0.2) is 40.0 Å². The molecule has 0 aromatic heterocycles. The number of carboxylic acids is 1. The lowest BCUT2D eigenvalue weighted by molar-refractivity contribution is -0.140. The maximum atomic E-state index is 11.6. The maximum Gasteiger partial charge on any atom is 0.408 e. The van der Waals surface area contributed by atoms with Crippen LogP contribution in [0.1, 0.15) is 52.9 Å². The van der Waals surface area contributed by atoms with Crippen molar-refractivity contribution in [3.05, 3.63) is 0 Å². The van der Waals surface area contributed by atoms with E-state index in [1.54, 1.807) is 20.8 Å². The van der Waals surface area contributed by atoms with Crippen molar-refractivity contribution in [3.8, 4) is 0 Å². The molecule has 20 heavy (non-hydrogen) atoms. The molecule has 0 aliphatic heterocycles. The number of hydrogen-bond donors (Lipinski definition) is 3. The normalized spacial score (nSPS) is 24.8. The number of alkyl carbamates (subject to hydrolysis) is 1. The van der Waals surface area contributed by atoms with Crippen molar-refractivity contribution in [2.75, 3.05) is 0 Å². The summed E-state index contributed by atoms with van der Waals surface area (Å²) in [4.78, 5) is 22.8. The molecule has 6 nitrogen and oxygen atoms in total. The first-order valence-electron chi connectivity index (χ1n) is 7.08. The van der Waals surface area contributed by atoms with Crippen molar-refractivity contribution < 1.29 is 24.5 Å². The molecule has 0 bridgehead atoms. The third-order valence-electron chi connectivity index (χ3n) is 3.37. The van der Waals surface area contributed by atoms with E-state index in [1.807, 2.05) is 0 Å². The number of nitrogens with one attached hydrogen (secondary N) is 1. The minimum atomic E-state index is -1.05. The minimum absolute atomic E-state index is 0.217. The van der Waals surface area contributed by atoms with Crippen molar-refractivity contribution in [3.63, 3.8) is 0 Å². The second-order valence-electron chi connectivity index (χ2n) is 6.45. The highest BCUT2D eigenvalue weighted by Gasteiger charge is 2.28. The third-order valence-corrected chi connectivity index (χ3v) is 3.37. The lowest BCUT2D eigenvalue weighted by Gasteiger charge is -2.28. The van der Waals surface area contributed by atoms with Gasteiger partial charge in [0.1, 0.15) is 11.6 Å². The summed E-state index contributed by atoms with van der Waals surface area (Å²) in [7, 11) is 0. The summed E-state index contributed by atoms with van der Waals surface area (Å²) < 4.78 is 5.07. The topological polar surface area (TPSA) is 95.9 Å². The van der Waals surface area contributed by atoms with Gasteiger partial charge in [-0.2, -0.15) is 0 Å². The van der Waals surface area contributed by atoms with E-state index < -0.39 is 23.7 Å². The van der Waals surface area contributed by atoms with Gasteiger partial charge in [0.25, 0.3) is 0 Å².